The van der Waals surface area contributed by atoms with E-state index in [2.05, 4.69) is 25.3 Å². The third-order valence-electron chi connectivity index (χ3n) is 4.34. The van der Waals surface area contributed by atoms with Gasteiger partial charge >= 0.3 is 6.18 Å². The molecule has 1 aliphatic carbocycles. The summed E-state index contributed by atoms with van der Waals surface area (Å²) in [5, 5.41) is 13.0. The van der Waals surface area contributed by atoms with Crippen LogP contribution in [-0.4, -0.2) is 25.0 Å². The van der Waals surface area contributed by atoms with E-state index >= 15 is 0 Å². The molecule has 1 saturated carbocycles. The van der Waals surface area contributed by atoms with Crippen molar-refractivity contribution >= 4 is 17.6 Å². The van der Waals surface area contributed by atoms with E-state index in [1.807, 2.05) is 6.07 Å². The fourth-order valence-electron chi connectivity index (χ4n) is 2.72. The van der Waals surface area contributed by atoms with Gasteiger partial charge in [0.2, 0.25) is 11.9 Å². The van der Waals surface area contributed by atoms with E-state index in [-0.39, 0.29) is 23.4 Å². The third-order valence-corrected chi connectivity index (χ3v) is 4.34. The molecule has 4 N–H and O–H groups in total. The Morgan fingerprint density at radius 3 is 2.57 bits per heavy atom. The number of pyridine rings is 1. The summed E-state index contributed by atoms with van der Waals surface area (Å²) in [7, 11) is 0. The highest BCUT2D eigenvalue weighted by Gasteiger charge is 2.42. The summed E-state index contributed by atoms with van der Waals surface area (Å²) in [6.45, 7) is 0. The summed E-state index contributed by atoms with van der Waals surface area (Å²) < 4.78 is 38.5. The molecule has 0 unspecified atom stereocenters. The van der Waals surface area contributed by atoms with E-state index < -0.39 is 17.5 Å². The second-order valence-electron chi connectivity index (χ2n) is 6.51. The highest BCUT2D eigenvalue weighted by molar-refractivity contribution is 5.62. The smallest absolute Gasteiger partial charge is 0.385 e. The quantitative estimate of drug-likeness (QED) is 0.629. The molecule has 0 atom stereocenters. The molecule has 0 bridgehead atoms. The number of hydrogen-bond donors (Lipinski definition) is 3. The Morgan fingerprint density at radius 2 is 1.86 bits per heavy atom. The number of nitrogens with two attached hydrogens (primary N) is 1. The van der Waals surface area contributed by atoms with Crippen LogP contribution in [0.1, 0.15) is 24.1 Å². The predicted octanol–water partition coefficient (Wildman–Crippen LogP) is 3.26. The van der Waals surface area contributed by atoms with Crippen molar-refractivity contribution in [2.75, 3.05) is 11.1 Å². The number of nitrogens with one attached hydrogen (secondary N) is 1. The van der Waals surface area contributed by atoms with Gasteiger partial charge < -0.3 is 16.2 Å². The topological polar surface area (TPSA) is 110 Å². The van der Waals surface area contributed by atoms with Crippen molar-refractivity contribution in [2.24, 2.45) is 0 Å². The lowest BCUT2D eigenvalue weighted by Crippen LogP contribution is -2.09. The van der Waals surface area contributed by atoms with E-state index in [0.717, 1.165) is 17.8 Å². The molecule has 3 aromatic rings. The van der Waals surface area contributed by atoms with Crippen molar-refractivity contribution < 1.29 is 18.3 Å². The molecular weight excluding hydrogens is 373 g/mol. The van der Waals surface area contributed by atoms with E-state index in [4.69, 9.17) is 5.73 Å². The summed E-state index contributed by atoms with van der Waals surface area (Å²) in [5.41, 5.74) is 5.36. The van der Waals surface area contributed by atoms with Gasteiger partial charge in [0.15, 0.2) is 5.82 Å². The summed E-state index contributed by atoms with van der Waals surface area (Å²) in [5.74, 6) is 0.150. The SMILES string of the molecule is Nc1nc(Nc2ccnc(C(F)(F)F)c2)nc(-c2cccc(C3(O)CC3)c2)n1. The summed E-state index contributed by atoms with van der Waals surface area (Å²) >= 11 is 0. The average Bonchev–Trinajstić information content (AvgIpc) is 3.40. The molecule has 1 aliphatic rings. The first kappa shape index (κ1) is 18.1. The molecule has 1 aromatic carbocycles. The number of rotatable bonds is 4. The maximum atomic E-state index is 12.8. The van der Waals surface area contributed by atoms with Gasteiger partial charge in [0.05, 0.1) is 5.60 Å². The van der Waals surface area contributed by atoms with Crippen molar-refractivity contribution in [1.82, 2.24) is 19.9 Å². The zero-order valence-electron chi connectivity index (χ0n) is 14.4. The minimum absolute atomic E-state index is 0.00244. The van der Waals surface area contributed by atoms with E-state index in [0.29, 0.717) is 18.4 Å². The first-order valence-electron chi connectivity index (χ1n) is 8.38. The Kier molecular flexibility index (Phi) is 4.15. The zero-order valence-corrected chi connectivity index (χ0v) is 14.4. The van der Waals surface area contributed by atoms with Gasteiger partial charge in [0, 0.05) is 17.4 Å². The molecule has 2 aromatic heterocycles. The van der Waals surface area contributed by atoms with Crippen LogP contribution in [0, 0.1) is 0 Å². The Labute approximate surface area is 157 Å². The number of aliphatic hydroxyl groups is 1. The molecule has 7 nitrogen and oxygen atoms in total. The molecule has 28 heavy (non-hydrogen) atoms. The molecule has 0 aliphatic heterocycles. The first-order chi connectivity index (χ1) is 13.2. The monoisotopic (exact) mass is 388 g/mol. The minimum Gasteiger partial charge on any atom is -0.385 e. The van der Waals surface area contributed by atoms with E-state index in [9.17, 15) is 18.3 Å². The molecule has 1 fully saturated rings. The molecule has 144 valence electrons. The lowest BCUT2D eigenvalue weighted by Gasteiger charge is -2.11. The number of alkyl halides is 3. The standard InChI is InChI=1S/C18H15F3N6O/c19-18(20,21)13-9-12(4-7-23-13)24-16-26-14(25-15(22)27-16)10-2-1-3-11(8-10)17(28)5-6-17/h1-4,7-9,28H,5-6H2,(H3,22,23,24,25,26,27). The van der Waals surface area contributed by atoms with Crippen LogP contribution in [0.5, 0.6) is 0 Å². The van der Waals surface area contributed by atoms with Crippen molar-refractivity contribution in [3.8, 4) is 11.4 Å². The van der Waals surface area contributed by atoms with Crippen LogP contribution in [0.25, 0.3) is 11.4 Å². The number of nitrogens with zero attached hydrogens (tertiary/aromatic N) is 4. The Hall–Kier alpha value is -3.27. The highest BCUT2D eigenvalue weighted by atomic mass is 19.4. The molecular formula is C18H15F3N6O. The molecule has 10 heteroatoms. The van der Waals surface area contributed by atoms with Gasteiger partial charge in [-0.2, -0.15) is 28.1 Å². The zero-order chi connectivity index (χ0) is 19.9. The fraction of sp³-hybridized carbons (Fsp3) is 0.222. The van der Waals surface area contributed by atoms with Crippen LogP contribution in [0.4, 0.5) is 30.8 Å². The van der Waals surface area contributed by atoms with Gasteiger partial charge in [0.25, 0.3) is 0 Å². The number of halogens is 3. The fourth-order valence-corrected chi connectivity index (χ4v) is 2.72. The first-order valence-corrected chi connectivity index (χ1v) is 8.38. The minimum atomic E-state index is -4.56. The number of benzene rings is 1. The van der Waals surface area contributed by atoms with Gasteiger partial charge in [-0.05, 0) is 36.6 Å². The second kappa shape index (κ2) is 6.41. The lowest BCUT2D eigenvalue weighted by molar-refractivity contribution is -0.141. The van der Waals surface area contributed by atoms with Crippen molar-refractivity contribution in [1.29, 1.82) is 0 Å². The van der Waals surface area contributed by atoms with E-state index in [1.54, 1.807) is 18.2 Å². The maximum absolute atomic E-state index is 12.8. The van der Waals surface area contributed by atoms with Gasteiger partial charge in [-0.15, -0.1) is 0 Å². The van der Waals surface area contributed by atoms with Crippen LogP contribution in [-0.2, 0) is 11.8 Å². The van der Waals surface area contributed by atoms with Crippen LogP contribution >= 0.6 is 0 Å². The van der Waals surface area contributed by atoms with Crippen molar-refractivity contribution in [2.45, 2.75) is 24.6 Å². The molecule has 0 saturated heterocycles. The maximum Gasteiger partial charge on any atom is 0.433 e. The van der Waals surface area contributed by atoms with Crippen molar-refractivity contribution in [3.63, 3.8) is 0 Å². The van der Waals surface area contributed by atoms with Crippen LogP contribution in [0.15, 0.2) is 42.6 Å². The molecule has 2 heterocycles. The molecule has 0 radical (unpaired) electrons. The molecule has 4 rings (SSSR count). The largest absolute Gasteiger partial charge is 0.433 e. The second-order valence-corrected chi connectivity index (χ2v) is 6.51. The summed E-state index contributed by atoms with van der Waals surface area (Å²) in [4.78, 5) is 15.6. The van der Waals surface area contributed by atoms with Crippen molar-refractivity contribution in [3.05, 3.63) is 53.9 Å². The Bertz CT molecular complexity index is 1040. The Morgan fingerprint density at radius 1 is 1.07 bits per heavy atom. The van der Waals surface area contributed by atoms with Crippen LogP contribution in [0.3, 0.4) is 0 Å². The number of anilines is 3. The van der Waals surface area contributed by atoms with Gasteiger partial charge in [-0.1, -0.05) is 18.2 Å². The highest BCUT2D eigenvalue weighted by Crippen LogP contribution is 2.45. The number of hydrogen-bond acceptors (Lipinski definition) is 7. The van der Waals surface area contributed by atoms with Crippen LogP contribution < -0.4 is 11.1 Å². The van der Waals surface area contributed by atoms with E-state index in [1.165, 1.54) is 6.07 Å². The molecule has 0 spiro atoms. The molecule has 0 amide bonds. The summed E-state index contributed by atoms with van der Waals surface area (Å²) in [6, 6.07) is 9.31. The number of nitrogen functional groups attached to an aromatic ring is 1. The normalized spacial score (nSPS) is 15.3. The van der Waals surface area contributed by atoms with Gasteiger partial charge in [-0.3, -0.25) is 4.98 Å². The van der Waals surface area contributed by atoms with Crippen LogP contribution in [0.2, 0.25) is 0 Å². The lowest BCUT2D eigenvalue weighted by atomic mass is 10.0. The Balaban J connectivity index is 1.65. The summed E-state index contributed by atoms with van der Waals surface area (Å²) in [6.07, 6.45) is -2.15. The number of aromatic nitrogens is 4. The van der Waals surface area contributed by atoms with Gasteiger partial charge in [-0.25, -0.2) is 0 Å². The predicted molar refractivity (Wildman–Crippen MR) is 95.3 cm³/mol. The third kappa shape index (κ3) is 3.72. The van der Waals surface area contributed by atoms with Gasteiger partial charge in [0.1, 0.15) is 5.69 Å². The average molecular weight is 388 g/mol.